The zero-order valence-electron chi connectivity index (χ0n) is 9.63. The van der Waals surface area contributed by atoms with Gasteiger partial charge < -0.3 is 20.4 Å². The van der Waals surface area contributed by atoms with E-state index in [9.17, 15) is 14.7 Å². The van der Waals surface area contributed by atoms with Crippen molar-refractivity contribution in [3.8, 4) is 0 Å². The zero-order valence-corrected chi connectivity index (χ0v) is 9.63. The van der Waals surface area contributed by atoms with E-state index in [1.807, 2.05) is 0 Å². The van der Waals surface area contributed by atoms with Crippen LogP contribution in [0.1, 0.15) is 25.7 Å². The van der Waals surface area contributed by atoms with E-state index in [0.29, 0.717) is 0 Å². The van der Waals surface area contributed by atoms with Gasteiger partial charge in [0.1, 0.15) is 0 Å². The van der Waals surface area contributed by atoms with Crippen LogP contribution in [0.25, 0.3) is 0 Å². The molecule has 6 nitrogen and oxygen atoms in total. The van der Waals surface area contributed by atoms with E-state index >= 15 is 0 Å². The van der Waals surface area contributed by atoms with Crippen molar-refractivity contribution >= 4 is 12.0 Å². The maximum Gasteiger partial charge on any atom is 0.317 e. The van der Waals surface area contributed by atoms with Crippen LogP contribution in [0.3, 0.4) is 0 Å². The Bertz CT molecular complexity index is 315. The van der Waals surface area contributed by atoms with E-state index in [2.05, 4.69) is 5.32 Å². The summed E-state index contributed by atoms with van der Waals surface area (Å²) in [7, 11) is 0. The van der Waals surface area contributed by atoms with E-state index in [1.54, 1.807) is 0 Å². The SMILES string of the molecule is O=C(O)C1CN(C(=O)NC2CCCCC2O)C1. The number of nitrogens with one attached hydrogen (secondary N) is 1. The number of hydrogen-bond acceptors (Lipinski definition) is 3. The van der Waals surface area contributed by atoms with E-state index in [0.717, 1.165) is 25.7 Å². The Morgan fingerprint density at radius 3 is 2.41 bits per heavy atom. The molecule has 2 aliphatic rings. The van der Waals surface area contributed by atoms with E-state index < -0.39 is 18.0 Å². The van der Waals surface area contributed by atoms with Gasteiger partial charge in [-0.1, -0.05) is 12.8 Å². The second kappa shape index (κ2) is 4.91. The number of urea groups is 1. The molecule has 0 bridgehead atoms. The van der Waals surface area contributed by atoms with Crippen LogP contribution in [0.15, 0.2) is 0 Å². The van der Waals surface area contributed by atoms with Crippen molar-refractivity contribution in [3.05, 3.63) is 0 Å². The molecule has 96 valence electrons. The molecule has 0 aromatic heterocycles. The predicted molar refractivity (Wildman–Crippen MR) is 59.5 cm³/mol. The minimum Gasteiger partial charge on any atom is -0.481 e. The zero-order chi connectivity index (χ0) is 12.4. The van der Waals surface area contributed by atoms with Crippen LogP contribution in [0.4, 0.5) is 4.79 Å². The van der Waals surface area contributed by atoms with Gasteiger partial charge in [-0.25, -0.2) is 4.79 Å². The Kier molecular flexibility index (Phi) is 3.51. The number of likely N-dealkylation sites (tertiary alicyclic amines) is 1. The first-order valence-corrected chi connectivity index (χ1v) is 6.04. The van der Waals surface area contributed by atoms with Crippen molar-refractivity contribution < 1.29 is 19.8 Å². The van der Waals surface area contributed by atoms with Gasteiger partial charge in [0.25, 0.3) is 0 Å². The Hall–Kier alpha value is -1.30. The maximum atomic E-state index is 11.7. The number of rotatable bonds is 2. The number of aliphatic hydroxyl groups is 1. The van der Waals surface area contributed by atoms with Crippen LogP contribution in [0, 0.1) is 5.92 Å². The first-order chi connectivity index (χ1) is 8.08. The molecule has 2 amide bonds. The smallest absolute Gasteiger partial charge is 0.317 e. The molecular formula is C11H18N2O4. The molecule has 0 radical (unpaired) electrons. The second-order valence-electron chi connectivity index (χ2n) is 4.85. The van der Waals surface area contributed by atoms with Gasteiger partial charge in [0.2, 0.25) is 0 Å². The van der Waals surface area contributed by atoms with Gasteiger partial charge in [-0.2, -0.15) is 0 Å². The number of carboxylic acid groups (broad SMARTS) is 1. The predicted octanol–water partition coefficient (Wildman–Crippen LogP) is 0.0159. The third-order valence-corrected chi connectivity index (χ3v) is 3.56. The molecule has 1 heterocycles. The molecule has 2 unspecified atom stereocenters. The number of carbonyl (C=O) groups is 2. The normalized spacial score (nSPS) is 29.6. The third-order valence-electron chi connectivity index (χ3n) is 3.56. The number of carboxylic acids is 1. The Balaban J connectivity index is 1.76. The van der Waals surface area contributed by atoms with Crippen LogP contribution in [-0.2, 0) is 4.79 Å². The molecular weight excluding hydrogens is 224 g/mol. The van der Waals surface area contributed by atoms with Crippen LogP contribution in [0.5, 0.6) is 0 Å². The summed E-state index contributed by atoms with van der Waals surface area (Å²) in [6, 6.07) is -0.437. The fourth-order valence-electron chi connectivity index (χ4n) is 2.33. The number of aliphatic carboxylic acids is 1. The standard InChI is InChI=1S/C11H18N2O4/c14-9-4-2-1-3-8(9)12-11(17)13-5-7(6-13)10(15)16/h7-9,14H,1-6H2,(H,12,17)(H,15,16). The molecule has 2 fully saturated rings. The molecule has 2 rings (SSSR count). The highest BCUT2D eigenvalue weighted by Crippen LogP contribution is 2.20. The Morgan fingerprint density at radius 2 is 1.82 bits per heavy atom. The number of aliphatic hydroxyl groups excluding tert-OH is 1. The monoisotopic (exact) mass is 242 g/mol. The number of nitrogens with zero attached hydrogens (tertiary/aromatic N) is 1. The molecule has 1 saturated heterocycles. The van der Waals surface area contributed by atoms with Gasteiger partial charge in [-0.05, 0) is 12.8 Å². The van der Waals surface area contributed by atoms with Crippen LogP contribution < -0.4 is 5.32 Å². The quantitative estimate of drug-likeness (QED) is 0.636. The largest absolute Gasteiger partial charge is 0.481 e. The molecule has 17 heavy (non-hydrogen) atoms. The lowest BCUT2D eigenvalue weighted by Crippen LogP contribution is -2.59. The third kappa shape index (κ3) is 2.69. The molecule has 1 aliphatic heterocycles. The lowest BCUT2D eigenvalue weighted by atomic mass is 9.92. The van der Waals surface area contributed by atoms with Crippen molar-refractivity contribution in [1.29, 1.82) is 0 Å². The highest BCUT2D eigenvalue weighted by Gasteiger charge is 2.37. The number of amides is 2. The summed E-state index contributed by atoms with van der Waals surface area (Å²) in [6.45, 7) is 0.536. The second-order valence-corrected chi connectivity index (χ2v) is 4.85. The topological polar surface area (TPSA) is 89.9 Å². The summed E-state index contributed by atoms with van der Waals surface area (Å²) in [5, 5.41) is 21.2. The maximum absolute atomic E-state index is 11.7. The minimum absolute atomic E-state index is 0.180. The van der Waals surface area contributed by atoms with Crippen LogP contribution >= 0.6 is 0 Å². The number of carbonyl (C=O) groups excluding carboxylic acids is 1. The summed E-state index contributed by atoms with van der Waals surface area (Å²) >= 11 is 0. The van der Waals surface area contributed by atoms with Gasteiger partial charge in [-0.15, -0.1) is 0 Å². The summed E-state index contributed by atoms with van der Waals surface area (Å²) in [5.41, 5.74) is 0. The average Bonchev–Trinajstić information content (AvgIpc) is 2.18. The molecule has 0 aromatic rings. The van der Waals surface area contributed by atoms with Gasteiger partial charge in [0.05, 0.1) is 18.1 Å². The van der Waals surface area contributed by atoms with E-state index in [1.165, 1.54) is 4.90 Å². The van der Waals surface area contributed by atoms with Gasteiger partial charge in [-0.3, -0.25) is 4.79 Å². The van der Waals surface area contributed by atoms with Gasteiger partial charge in [0, 0.05) is 13.1 Å². The lowest BCUT2D eigenvalue weighted by molar-refractivity contribution is -0.146. The molecule has 0 spiro atoms. The first kappa shape index (κ1) is 12.2. The Labute approximate surface area is 99.6 Å². The molecule has 3 N–H and O–H groups in total. The molecule has 1 aliphatic carbocycles. The molecule has 1 saturated carbocycles. The van der Waals surface area contributed by atoms with Crippen molar-refractivity contribution in [2.24, 2.45) is 5.92 Å². The molecule has 2 atom stereocenters. The molecule has 0 aromatic carbocycles. The Morgan fingerprint density at radius 1 is 1.18 bits per heavy atom. The fraction of sp³-hybridized carbons (Fsp3) is 0.818. The average molecular weight is 242 g/mol. The summed E-state index contributed by atoms with van der Waals surface area (Å²) in [5.74, 6) is -1.29. The van der Waals surface area contributed by atoms with E-state index in [-0.39, 0.29) is 25.2 Å². The highest BCUT2D eigenvalue weighted by molar-refractivity contribution is 5.79. The van der Waals surface area contributed by atoms with Gasteiger partial charge in [0.15, 0.2) is 0 Å². The fourth-order valence-corrected chi connectivity index (χ4v) is 2.33. The first-order valence-electron chi connectivity index (χ1n) is 6.04. The minimum atomic E-state index is -0.855. The van der Waals surface area contributed by atoms with Gasteiger partial charge >= 0.3 is 12.0 Å². The lowest BCUT2D eigenvalue weighted by Gasteiger charge is -2.38. The highest BCUT2D eigenvalue weighted by atomic mass is 16.4. The summed E-state index contributed by atoms with van der Waals surface area (Å²) in [6.07, 6.45) is 3.06. The van der Waals surface area contributed by atoms with Crippen LogP contribution in [0.2, 0.25) is 0 Å². The van der Waals surface area contributed by atoms with Crippen molar-refractivity contribution in [1.82, 2.24) is 10.2 Å². The van der Waals surface area contributed by atoms with Crippen molar-refractivity contribution in [2.45, 2.75) is 37.8 Å². The van der Waals surface area contributed by atoms with Crippen LogP contribution in [-0.4, -0.2) is 52.3 Å². The van der Waals surface area contributed by atoms with E-state index in [4.69, 9.17) is 5.11 Å². The van der Waals surface area contributed by atoms with Crippen molar-refractivity contribution in [2.75, 3.05) is 13.1 Å². The van der Waals surface area contributed by atoms with Crippen molar-refractivity contribution in [3.63, 3.8) is 0 Å². The molecule has 6 heteroatoms. The summed E-state index contributed by atoms with van der Waals surface area (Å²) in [4.78, 5) is 23.8. The number of hydrogen-bond donors (Lipinski definition) is 3. The summed E-state index contributed by atoms with van der Waals surface area (Å²) < 4.78 is 0.